The van der Waals surface area contributed by atoms with Crippen LogP contribution in [0.25, 0.3) is 11.3 Å². The number of fused-ring (bicyclic) bond motifs is 1. The van der Waals surface area contributed by atoms with Gasteiger partial charge >= 0.3 is 0 Å². The first-order chi connectivity index (χ1) is 13.8. The van der Waals surface area contributed by atoms with E-state index >= 15 is 0 Å². The van der Waals surface area contributed by atoms with Crippen molar-refractivity contribution in [3.05, 3.63) is 28.6 Å². The third-order valence-corrected chi connectivity index (χ3v) is 6.84. The van der Waals surface area contributed by atoms with Crippen LogP contribution >= 0.6 is 11.3 Å². The molecule has 0 spiro atoms. The number of aromatic nitrogens is 2. The first-order valence-electron chi connectivity index (χ1n) is 10.4. The van der Waals surface area contributed by atoms with Gasteiger partial charge in [0.25, 0.3) is 5.91 Å². The minimum absolute atomic E-state index is 0.0268. The monoisotopic (exact) mass is 402 g/mol. The topological polar surface area (TPSA) is 61.5 Å². The van der Waals surface area contributed by atoms with Crippen LogP contribution in [-0.4, -0.2) is 71.8 Å². The van der Waals surface area contributed by atoms with E-state index in [-0.39, 0.29) is 5.91 Å². The lowest BCUT2D eigenvalue weighted by Gasteiger charge is -2.45. The van der Waals surface area contributed by atoms with Crippen LogP contribution in [0.2, 0.25) is 0 Å². The molecule has 2 aromatic heterocycles. The number of methoxy groups -OCH3 is 1. The molecule has 0 unspecified atom stereocenters. The van der Waals surface area contributed by atoms with Crippen molar-refractivity contribution in [2.45, 2.75) is 38.1 Å². The van der Waals surface area contributed by atoms with Gasteiger partial charge in [-0.05, 0) is 62.2 Å². The Labute approximate surface area is 170 Å². The first kappa shape index (κ1) is 19.6. The summed E-state index contributed by atoms with van der Waals surface area (Å²) < 4.78 is 5.29. The summed E-state index contributed by atoms with van der Waals surface area (Å²) in [6, 6.07) is 4.53. The molecule has 1 N–H and O–H groups in total. The predicted molar refractivity (Wildman–Crippen MR) is 112 cm³/mol. The van der Waals surface area contributed by atoms with Crippen LogP contribution in [0, 0.1) is 5.92 Å². The Morgan fingerprint density at radius 1 is 1.36 bits per heavy atom. The molecule has 2 atom stereocenters. The van der Waals surface area contributed by atoms with E-state index in [2.05, 4.69) is 15.1 Å². The highest BCUT2D eigenvalue weighted by Gasteiger charge is 2.35. The third-order valence-electron chi connectivity index (χ3n) is 6.16. The molecule has 4 rings (SSSR count). The van der Waals surface area contributed by atoms with E-state index in [0.717, 1.165) is 17.8 Å². The summed E-state index contributed by atoms with van der Waals surface area (Å²) in [6.07, 6.45) is 6.34. The maximum absolute atomic E-state index is 13.3. The van der Waals surface area contributed by atoms with Gasteiger partial charge in [-0.25, -0.2) is 0 Å². The second-order valence-electron chi connectivity index (χ2n) is 7.92. The highest BCUT2D eigenvalue weighted by molar-refractivity contribution is 7.08. The number of rotatable bonds is 7. The second kappa shape index (κ2) is 9.20. The van der Waals surface area contributed by atoms with Gasteiger partial charge in [-0.2, -0.15) is 16.4 Å². The quantitative estimate of drug-likeness (QED) is 0.770. The van der Waals surface area contributed by atoms with Crippen molar-refractivity contribution in [1.29, 1.82) is 0 Å². The van der Waals surface area contributed by atoms with Gasteiger partial charge < -0.3 is 14.5 Å². The summed E-state index contributed by atoms with van der Waals surface area (Å²) in [5.74, 6) is 0.577. The average Bonchev–Trinajstić information content (AvgIpc) is 3.42. The van der Waals surface area contributed by atoms with Crippen molar-refractivity contribution in [3.8, 4) is 11.3 Å². The SMILES string of the molecule is COCCN(C[C@H]1CCCN2CCCC[C@H]12)C(=O)c1cc(-c2ccsc2)n[nH]1. The largest absolute Gasteiger partial charge is 0.383 e. The van der Waals surface area contributed by atoms with Crippen molar-refractivity contribution in [1.82, 2.24) is 20.0 Å². The summed E-state index contributed by atoms with van der Waals surface area (Å²) in [4.78, 5) is 17.9. The first-order valence-corrected chi connectivity index (χ1v) is 11.3. The number of carbonyl (C=O) groups excluding carboxylic acids is 1. The summed E-state index contributed by atoms with van der Waals surface area (Å²) in [6.45, 7) is 4.41. The maximum atomic E-state index is 13.3. The number of nitrogens with one attached hydrogen (secondary N) is 1. The Morgan fingerprint density at radius 3 is 3.07 bits per heavy atom. The Hall–Kier alpha value is -1.70. The Bertz CT molecular complexity index is 758. The number of piperidine rings is 2. The number of hydrogen-bond donors (Lipinski definition) is 1. The van der Waals surface area contributed by atoms with Crippen LogP contribution in [-0.2, 0) is 4.74 Å². The van der Waals surface area contributed by atoms with Crippen molar-refractivity contribution in [2.75, 3.05) is 39.9 Å². The Kier molecular flexibility index (Phi) is 6.44. The molecule has 0 aliphatic carbocycles. The van der Waals surface area contributed by atoms with Crippen molar-refractivity contribution in [3.63, 3.8) is 0 Å². The van der Waals surface area contributed by atoms with E-state index in [1.807, 2.05) is 27.8 Å². The maximum Gasteiger partial charge on any atom is 0.271 e. The molecule has 2 fully saturated rings. The lowest BCUT2D eigenvalue weighted by Crippen LogP contribution is -2.52. The lowest BCUT2D eigenvalue weighted by atomic mass is 9.83. The zero-order chi connectivity index (χ0) is 19.3. The van der Waals surface area contributed by atoms with Crippen LogP contribution in [0.3, 0.4) is 0 Å². The van der Waals surface area contributed by atoms with Gasteiger partial charge in [0, 0.05) is 37.2 Å². The summed E-state index contributed by atoms with van der Waals surface area (Å²) in [7, 11) is 1.69. The fourth-order valence-electron chi connectivity index (χ4n) is 4.71. The number of carbonyl (C=O) groups is 1. The van der Waals surface area contributed by atoms with Crippen LogP contribution in [0.5, 0.6) is 0 Å². The van der Waals surface area contributed by atoms with Crippen LogP contribution in [0.1, 0.15) is 42.6 Å². The van der Waals surface area contributed by atoms with Gasteiger partial charge in [0.05, 0.1) is 12.3 Å². The fourth-order valence-corrected chi connectivity index (χ4v) is 5.36. The molecular weight excluding hydrogens is 372 g/mol. The lowest BCUT2D eigenvalue weighted by molar-refractivity contribution is 0.0313. The summed E-state index contributed by atoms with van der Waals surface area (Å²) >= 11 is 1.63. The summed E-state index contributed by atoms with van der Waals surface area (Å²) in [5.41, 5.74) is 2.44. The molecule has 4 heterocycles. The van der Waals surface area contributed by atoms with E-state index in [4.69, 9.17) is 4.74 Å². The molecule has 2 aromatic rings. The molecule has 0 saturated carbocycles. The number of thiophene rings is 1. The van der Waals surface area contributed by atoms with Crippen LogP contribution in [0.15, 0.2) is 22.9 Å². The smallest absolute Gasteiger partial charge is 0.271 e. The molecule has 0 radical (unpaired) electrons. The normalized spacial score (nSPS) is 22.8. The fraction of sp³-hybridized carbons (Fsp3) is 0.619. The Morgan fingerprint density at radius 2 is 2.25 bits per heavy atom. The zero-order valence-electron chi connectivity index (χ0n) is 16.6. The highest BCUT2D eigenvalue weighted by Crippen LogP contribution is 2.31. The average molecular weight is 403 g/mol. The van der Waals surface area contributed by atoms with Crippen molar-refractivity contribution in [2.24, 2.45) is 5.92 Å². The number of amides is 1. The highest BCUT2D eigenvalue weighted by atomic mass is 32.1. The van der Waals surface area contributed by atoms with Crippen molar-refractivity contribution >= 4 is 17.2 Å². The molecule has 6 nitrogen and oxygen atoms in total. The second-order valence-corrected chi connectivity index (χ2v) is 8.70. The third kappa shape index (κ3) is 4.31. The molecular formula is C21H30N4O2S. The van der Waals surface area contributed by atoms with Gasteiger partial charge in [0.1, 0.15) is 5.69 Å². The molecule has 1 amide bonds. The van der Waals surface area contributed by atoms with Gasteiger partial charge in [-0.3, -0.25) is 9.89 Å². The summed E-state index contributed by atoms with van der Waals surface area (Å²) in [5, 5.41) is 11.4. The van der Waals surface area contributed by atoms with E-state index in [1.54, 1.807) is 18.4 Å². The Balaban J connectivity index is 1.48. The van der Waals surface area contributed by atoms with Gasteiger partial charge in [-0.1, -0.05) is 6.42 Å². The molecule has 28 heavy (non-hydrogen) atoms. The standard InChI is InChI=1S/C21H30N4O2S/c1-27-11-10-25(14-16-5-4-9-24-8-3-2-6-20(16)24)21(26)19-13-18(22-23-19)17-7-12-28-15-17/h7,12-13,15-16,20H,2-6,8-11,14H2,1H3,(H,22,23)/t16-,20-/m1/s1. The molecule has 152 valence electrons. The number of nitrogens with zero attached hydrogens (tertiary/aromatic N) is 3. The van der Waals surface area contributed by atoms with Gasteiger partial charge in [-0.15, -0.1) is 0 Å². The minimum Gasteiger partial charge on any atom is -0.383 e. The van der Waals surface area contributed by atoms with Gasteiger partial charge in [0.2, 0.25) is 0 Å². The zero-order valence-corrected chi connectivity index (χ0v) is 17.4. The molecule has 2 saturated heterocycles. The number of hydrogen-bond acceptors (Lipinski definition) is 5. The van der Waals surface area contributed by atoms with E-state index in [9.17, 15) is 4.79 Å². The number of H-pyrrole nitrogens is 1. The minimum atomic E-state index is 0.0268. The van der Waals surface area contributed by atoms with Crippen molar-refractivity contribution < 1.29 is 9.53 Å². The molecule has 0 bridgehead atoms. The molecule has 2 aliphatic rings. The van der Waals surface area contributed by atoms with E-state index in [1.165, 1.54) is 45.2 Å². The molecule has 7 heteroatoms. The van der Waals surface area contributed by atoms with E-state index in [0.29, 0.717) is 30.8 Å². The number of ether oxygens (including phenoxy) is 1. The molecule has 2 aliphatic heterocycles. The van der Waals surface area contributed by atoms with Gasteiger partial charge in [0.15, 0.2) is 0 Å². The van der Waals surface area contributed by atoms with Crippen LogP contribution in [0.4, 0.5) is 0 Å². The molecule has 0 aromatic carbocycles. The van der Waals surface area contributed by atoms with Crippen LogP contribution < -0.4 is 0 Å². The predicted octanol–water partition coefficient (Wildman–Crippen LogP) is 3.49. The van der Waals surface area contributed by atoms with E-state index < -0.39 is 0 Å². The number of aromatic amines is 1.